The molecule has 0 N–H and O–H groups in total. The number of methoxy groups -OCH3 is 1. The molecule has 3 aromatic rings. The number of rotatable bonds is 5. The summed E-state index contributed by atoms with van der Waals surface area (Å²) in [5, 5.41) is 4.57. The number of ether oxygens (including phenoxy) is 1. The van der Waals surface area contributed by atoms with Gasteiger partial charge in [0.2, 0.25) is 11.7 Å². The molecule has 30 heavy (non-hydrogen) atoms. The lowest BCUT2D eigenvalue weighted by Gasteiger charge is -2.44. The van der Waals surface area contributed by atoms with E-state index in [2.05, 4.69) is 5.10 Å². The zero-order chi connectivity index (χ0) is 20.7. The monoisotopic (exact) mass is 411 g/mol. The zero-order valence-corrected chi connectivity index (χ0v) is 17.5. The summed E-state index contributed by atoms with van der Waals surface area (Å²) < 4.78 is 10.2. The third kappa shape index (κ3) is 3.14. The molecule has 0 spiro atoms. The molecule has 8 nitrogen and oxygen atoms in total. The van der Waals surface area contributed by atoms with Gasteiger partial charge in [-0.1, -0.05) is 25.0 Å². The van der Waals surface area contributed by atoms with Gasteiger partial charge in [0.05, 0.1) is 17.6 Å². The van der Waals surface area contributed by atoms with E-state index >= 15 is 0 Å². The quantitative estimate of drug-likeness (QED) is 0.646. The van der Waals surface area contributed by atoms with Gasteiger partial charge in [0.1, 0.15) is 6.54 Å². The van der Waals surface area contributed by atoms with Gasteiger partial charge in [0, 0.05) is 26.2 Å². The second kappa shape index (κ2) is 7.91. The highest BCUT2D eigenvalue weighted by atomic mass is 16.5. The average molecular weight is 412 g/mol. The van der Waals surface area contributed by atoms with E-state index in [-0.39, 0.29) is 18.1 Å². The summed E-state index contributed by atoms with van der Waals surface area (Å²) in [5.41, 5.74) is 1.48. The number of piperidine rings is 1. The molecule has 2 aromatic heterocycles. The van der Waals surface area contributed by atoms with Crippen LogP contribution in [0.4, 0.5) is 0 Å². The summed E-state index contributed by atoms with van der Waals surface area (Å²) in [6.07, 6.45) is 7.04. The molecule has 1 aliphatic carbocycles. The number of imidazole rings is 1. The Morgan fingerprint density at radius 2 is 1.90 bits per heavy atom. The van der Waals surface area contributed by atoms with E-state index in [4.69, 9.17) is 4.74 Å². The summed E-state index contributed by atoms with van der Waals surface area (Å²) in [6.45, 7) is 1.91. The highest BCUT2D eigenvalue weighted by Crippen LogP contribution is 2.35. The Bertz CT molecular complexity index is 1130. The van der Waals surface area contributed by atoms with E-state index in [1.165, 1.54) is 30.4 Å². The van der Waals surface area contributed by atoms with Crippen molar-refractivity contribution in [2.75, 3.05) is 20.3 Å². The molecule has 1 amide bonds. The fourth-order valence-corrected chi connectivity index (χ4v) is 5.43. The maximum Gasteiger partial charge on any atom is 0.352 e. The Balaban J connectivity index is 1.48. The van der Waals surface area contributed by atoms with Crippen molar-refractivity contribution >= 4 is 22.7 Å². The number of benzene rings is 1. The minimum Gasteiger partial charge on any atom is -0.383 e. The highest BCUT2D eigenvalue weighted by molar-refractivity contribution is 5.81. The summed E-state index contributed by atoms with van der Waals surface area (Å²) in [4.78, 5) is 28.4. The molecule has 2 aliphatic rings. The summed E-state index contributed by atoms with van der Waals surface area (Å²) in [7, 11) is 1.66. The maximum atomic E-state index is 13.2. The SMILES string of the molecule is COCCn1c2ccccc2n2c(=O)n(CC(=O)N3CCC[C@@H]4CCCC[C@@H]43)nc12. The van der Waals surface area contributed by atoms with Crippen LogP contribution in [-0.4, -0.2) is 55.9 Å². The van der Waals surface area contributed by atoms with Crippen molar-refractivity contribution in [3.8, 4) is 0 Å². The van der Waals surface area contributed by atoms with Crippen molar-refractivity contribution in [1.29, 1.82) is 0 Å². The molecule has 1 saturated heterocycles. The molecule has 3 heterocycles. The van der Waals surface area contributed by atoms with Gasteiger partial charge < -0.3 is 14.2 Å². The number of fused-ring (bicyclic) bond motifs is 4. The van der Waals surface area contributed by atoms with E-state index < -0.39 is 0 Å². The zero-order valence-electron chi connectivity index (χ0n) is 17.5. The van der Waals surface area contributed by atoms with Crippen molar-refractivity contribution in [3.63, 3.8) is 0 Å². The maximum absolute atomic E-state index is 13.2. The highest BCUT2D eigenvalue weighted by Gasteiger charge is 2.36. The Morgan fingerprint density at radius 3 is 2.73 bits per heavy atom. The minimum atomic E-state index is -0.261. The number of amides is 1. The van der Waals surface area contributed by atoms with E-state index in [9.17, 15) is 9.59 Å². The molecule has 8 heteroatoms. The minimum absolute atomic E-state index is 0.00232. The van der Waals surface area contributed by atoms with Crippen LogP contribution in [0, 0.1) is 5.92 Å². The number of hydrogen-bond acceptors (Lipinski definition) is 4. The first kappa shape index (κ1) is 19.4. The summed E-state index contributed by atoms with van der Waals surface area (Å²) in [6, 6.07) is 8.09. The molecule has 5 rings (SSSR count). The van der Waals surface area contributed by atoms with Gasteiger partial charge in [0.15, 0.2) is 0 Å². The van der Waals surface area contributed by atoms with Crippen LogP contribution in [0.15, 0.2) is 29.1 Å². The summed E-state index contributed by atoms with van der Waals surface area (Å²) >= 11 is 0. The van der Waals surface area contributed by atoms with E-state index in [0.717, 1.165) is 30.4 Å². The molecule has 1 aliphatic heterocycles. The van der Waals surface area contributed by atoms with E-state index in [1.54, 1.807) is 11.5 Å². The van der Waals surface area contributed by atoms with Gasteiger partial charge in [-0.2, -0.15) is 0 Å². The van der Waals surface area contributed by atoms with Crippen molar-refractivity contribution in [2.45, 2.75) is 57.7 Å². The van der Waals surface area contributed by atoms with Gasteiger partial charge in [-0.3, -0.25) is 4.79 Å². The molecular formula is C22H29N5O3. The average Bonchev–Trinajstić information content (AvgIpc) is 3.26. The smallest absolute Gasteiger partial charge is 0.352 e. The third-order valence-electron chi connectivity index (χ3n) is 6.84. The van der Waals surface area contributed by atoms with Crippen LogP contribution in [0.2, 0.25) is 0 Å². The number of aromatic nitrogens is 4. The largest absolute Gasteiger partial charge is 0.383 e. The normalized spacial score (nSPS) is 22.0. The molecule has 0 bridgehead atoms. The van der Waals surface area contributed by atoms with Crippen molar-refractivity contribution in [1.82, 2.24) is 23.6 Å². The van der Waals surface area contributed by atoms with Crippen LogP contribution in [-0.2, 0) is 22.6 Å². The number of carbonyl (C=O) groups is 1. The summed E-state index contributed by atoms with van der Waals surface area (Å²) in [5.74, 6) is 1.19. The van der Waals surface area contributed by atoms with Crippen LogP contribution >= 0.6 is 0 Å². The molecule has 0 radical (unpaired) electrons. The standard InChI is InChI=1S/C22H29N5O3/c1-30-14-13-25-18-10-4-5-11-19(18)27-21(25)23-26(22(27)29)15-20(28)24-12-6-8-16-7-2-3-9-17(16)24/h4-5,10-11,16-17H,2-3,6-9,12-15H2,1H3/t16-,17-/m0/s1. The number of carbonyl (C=O) groups excluding carboxylic acids is 1. The molecular weight excluding hydrogens is 382 g/mol. The van der Waals surface area contributed by atoms with Crippen LogP contribution in [0.5, 0.6) is 0 Å². The number of nitrogens with zero attached hydrogens (tertiary/aromatic N) is 5. The number of likely N-dealkylation sites (tertiary alicyclic amines) is 1. The first-order valence-electron chi connectivity index (χ1n) is 11.0. The predicted octanol–water partition coefficient (Wildman–Crippen LogP) is 2.28. The topological polar surface area (TPSA) is 73.8 Å². The second-order valence-electron chi connectivity index (χ2n) is 8.55. The van der Waals surface area contributed by atoms with Gasteiger partial charge >= 0.3 is 5.69 Å². The lowest BCUT2D eigenvalue weighted by atomic mass is 9.78. The molecule has 1 aromatic carbocycles. The lowest BCUT2D eigenvalue weighted by Crippen LogP contribution is -2.51. The fourth-order valence-electron chi connectivity index (χ4n) is 5.43. The van der Waals surface area contributed by atoms with Crippen molar-refractivity contribution < 1.29 is 9.53 Å². The number of hydrogen-bond donors (Lipinski definition) is 0. The van der Waals surface area contributed by atoms with Crippen LogP contribution < -0.4 is 5.69 Å². The van der Waals surface area contributed by atoms with Crippen LogP contribution in [0.25, 0.3) is 16.8 Å². The molecule has 160 valence electrons. The third-order valence-corrected chi connectivity index (χ3v) is 6.84. The Hall–Kier alpha value is -2.61. The Kier molecular flexibility index (Phi) is 5.10. The van der Waals surface area contributed by atoms with Gasteiger partial charge in [-0.25, -0.2) is 13.9 Å². The van der Waals surface area contributed by atoms with Crippen molar-refractivity contribution in [3.05, 3.63) is 34.7 Å². The Morgan fingerprint density at radius 1 is 1.13 bits per heavy atom. The van der Waals surface area contributed by atoms with Crippen LogP contribution in [0.1, 0.15) is 38.5 Å². The second-order valence-corrected chi connectivity index (χ2v) is 8.55. The number of para-hydroxylation sites is 2. The van der Waals surface area contributed by atoms with Crippen LogP contribution in [0.3, 0.4) is 0 Å². The van der Waals surface area contributed by atoms with Gasteiger partial charge in [-0.15, -0.1) is 5.10 Å². The predicted molar refractivity (Wildman–Crippen MR) is 114 cm³/mol. The lowest BCUT2D eigenvalue weighted by molar-refractivity contribution is -0.138. The van der Waals surface area contributed by atoms with Crippen molar-refractivity contribution in [2.24, 2.45) is 5.92 Å². The first-order chi connectivity index (χ1) is 14.7. The van der Waals surface area contributed by atoms with E-state index in [1.807, 2.05) is 33.7 Å². The van der Waals surface area contributed by atoms with Gasteiger partial charge in [-0.05, 0) is 43.7 Å². The molecule has 0 unspecified atom stereocenters. The molecule has 2 atom stereocenters. The first-order valence-corrected chi connectivity index (χ1v) is 11.0. The molecule has 2 fully saturated rings. The fraction of sp³-hybridized carbons (Fsp3) is 0.591. The van der Waals surface area contributed by atoms with Gasteiger partial charge in [0.25, 0.3) is 0 Å². The molecule has 1 saturated carbocycles. The Labute approximate surface area is 175 Å². The van der Waals surface area contributed by atoms with E-state index in [0.29, 0.717) is 30.9 Å².